The van der Waals surface area contributed by atoms with Gasteiger partial charge in [-0.3, -0.25) is 0 Å². The fourth-order valence-corrected chi connectivity index (χ4v) is 5.33. The van der Waals surface area contributed by atoms with Crippen LogP contribution in [0, 0.1) is 11.7 Å². The number of amides is 1. The number of primary amides is 1. The summed E-state index contributed by atoms with van der Waals surface area (Å²) in [4.78, 5) is 24.8. The Morgan fingerprint density at radius 3 is 2.61 bits per heavy atom. The predicted molar refractivity (Wildman–Crippen MR) is 143 cm³/mol. The highest BCUT2D eigenvalue weighted by atomic mass is 19.3. The summed E-state index contributed by atoms with van der Waals surface area (Å²) in [5.41, 5.74) is 6.24. The van der Waals surface area contributed by atoms with Crippen molar-refractivity contribution in [3.05, 3.63) is 77.5 Å². The number of aliphatic hydroxyl groups excluding tert-OH is 1. The van der Waals surface area contributed by atoms with Gasteiger partial charge in [-0.2, -0.15) is 8.78 Å². The van der Waals surface area contributed by atoms with Crippen LogP contribution in [-0.2, 0) is 10.3 Å². The highest BCUT2D eigenvalue weighted by molar-refractivity contribution is 5.66. The Morgan fingerprint density at radius 2 is 1.95 bits per heavy atom. The molecule has 1 aromatic carbocycles. The molecule has 0 fully saturated rings. The number of carbonyl (C=O) groups is 1. The molecule has 0 saturated carbocycles. The van der Waals surface area contributed by atoms with Crippen molar-refractivity contribution in [3.8, 4) is 16.9 Å². The number of aliphatic hydroxyl groups is 1. The Balaban J connectivity index is 1.55. The van der Waals surface area contributed by atoms with Crippen molar-refractivity contribution in [2.75, 3.05) is 0 Å². The molecule has 12 heteroatoms. The maximum Gasteiger partial charge on any atom is 0.405 e. The van der Waals surface area contributed by atoms with Crippen molar-refractivity contribution in [2.45, 2.75) is 64.3 Å². The number of nitrogens with zero attached hydrogens (tertiary/aromatic N) is 4. The number of benzene rings is 1. The SMILES string of the molecule is CC(C)CCC(C)(OC(N)=O)c1ncc(-c2cn3c4c(nc3cc2F)[C@H](O)C[C@@H]4c2ccccc2OC(F)F)cn1. The van der Waals surface area contributed by atoms with E-state index in [0.717, 1.165) is 6.42 Å². The van der Waals surface area contributed by atoms with Crippen molar-refractivity contribution in [1.82, 2.24) is 19.4 Å². The molecule has 0 spiro atoms. The van der Waals surface area contributed by atoms with Gasteiger partial charge in [0.05, 0.1) is 17.5 Å². The summed E-state index contributed by atoms with van der Waals surface area (Å²) in [5, 5.41) is 10.8. The molecule has 0 aliphatic heterocycles. The fourth-order valence-electron chi connectivity index (χ4n) is 5.33. The van der Waals surface area contributed by atoms with Crippen LogP contribution in [-0.4, -0.2) is 37.2 Å². The lowest BCUT2D eigenvalue weighted by molar-refractivity contribution is -0.0506. The van der Waals surface area contributed by atoms with E-state index in [1.165, 1.54) is 30.7 Å². The largest absolute Gasteiger partial charge is 0.435 e. The van der Waals surface area contributed by atoms with E-state index in [0.29, 0.717) is 34.9 Å². The van der Waals surface area contributed by atoms with Crippen LogP contribution in [0.25, 0.3) is 16.8 Å². The van der Waals surface area contributed by atoms with Crippen molar-refractivity contribution in [2.24, 2.45) is 11.7 Å². The van der Waals surface area contributed by atoms with Gasteiger partial charge in [0, 0.05) is 47.3 Å². The van der Waals surface area contributed by atoms with Crippen LogP contribution >= 0.6 is 0 Å². The van der Waals surface area contributed by atoms with E-state index in [1.807, 2.05) is 13.8 Å². The van der Waals surface area contributed by atoms with E-state index in [9.17, 15) is 18.7 Å². The first kappa shape index (κ1) is 28.3. The number of para-hydroxylation sites is 1. The number of rotatable bonds is 9. The van der Waals surface area contributed by atoms with E-state index in [-0.39, 0.29) is 29.2 Å². The van der Waals surface area contributed by atoms with Gasteiger partial charge < -0.3 is 24.7 Å². The van der Waals surface area contributed by atoms with Crippen LogP contribution in [0.5, 0.6) is 5.75 Å². The number of fused-ring (bicyclic) bond motifs is 3. The molecule has 1 amide bonds. The molecule has 216 valence electrons. The predicted octanol–water partition coefficient (Wildman–Crippen LogP) is 5.85. The molecule has 1 unspecified atom stereocenters. The molecule has 1 aliphatic carbocycles. The molecule has 0 radical (unpaired) electrons. The minimum absolute atomic E-state index is 0.00693. The van der Waals surface area contributed by atoms with Crippen LogP contribution in [0.15, 0.2) is 48.9 Å². The van der Waals surface area contributed by atoms with E-state index < -0.39 is 36.1 Å². The highest BCUT2D eigenvalue weighted by Crippen LogP contribution is 2.47. The zero-order valence-electron chi connectivity index (χ0n) is 22.7. The first-order chi connectivity index (χ1) is 19.5. The second-order valence-electron chi connectivity index (χ2n) is 10.7. The molecule has 5 rings (SSSR count). The molecule has 0 bridgehead atoms. The smallest absolute Gasteiger partial charge is 0.405 e. The monoisotopic (exact) mass is 569 g/mol. The number of hydrogen-bond acceptors (Lipinski definition) is 7. The minimum atomic E-state index is -3.02. The van der Waals surface area contributed by atoms with Gasteiger partial charge >= 0.3 is 12.7 Å². The standard InChI is InChI=1S/C29H30F3N5O4/c1-15(2)8-9-29(3,41-28(33)39)26-34-12-16(13-35-26)19-14-37-23(11-20(19)30)36-24-21(38)10-18(25(24)37)17-6-4-5-7-22(17)40-27(31)32/h4-7,11-15,18,21,27,38H,8-10H2,1-3H3,(H2,33,39)/t18-,21-,29?/m1/s1. The summed E-state index contributed by atoms with van der Waals surface area (Å²) in [6.45, 7) is 2.73. The molecular formula is C29H30F3N5O4. The number of hydrogen-bond donors (Lipinski definition) is 2. The molecule has 3 N–H and O–H groups in total. The van der Waals surface area contributed by atoms with Crippen LogP contribution in [0.4, 0.5) is 18.0 Å². The quantitative estimate of drug-likeness (QED) is 0.259. The highest BCUT2D eigenvalue weighted by Gasteiger charge is 2.38. The second-order valence-corrected chi connectivity index (χ2v) is 10.7. The average molecular weight is 570 g/mol. The van der Waals surface area contributed by atoms with Gasteiger partial charge in [0.2, 0.25) is 0 Å². The van der Waals surface area contributed by atoms with Crippen LogP contribution < -0.4 is 10.5 Å². The van der Waals surface area contributed by atoms with Crippen molar-refractivity contribution in [1.29, 1.82) is 0 Å². The molecule has 1 aliphatic rings. The van der Waals surface area contributed by atoms with Crippen molar-refractivity contribution >= 4 is 11.7 Å². The lowest BCUT2D eigenvalue weighted by Crippen LogP contribution is -2.34. The summed E-state index contributed by atoms with van der Waals surface area (Å²) in [6.07, 6.45) is 3.82. The number of carbonyl (C=O) groups excluding carboxylic acids is 1. The van der Waals surface area contributed by atoms with Gasteiger partial charge in [-0.15, -0.1) is 0 Å². The zero-order valence-corrected chi connectivity index (χ0v) is 22.7. The minimum Gasteiger partial charge on any atom is -0.435 e. The molecular weight excluding hydrogens is 539 g/mol. The maximum atomic E-state index is 15.3. The first-order valence-corrected chi connectivity index (χ1v) is 13.2. The van der Waals surface area contributed by atoms with E-state index in [4.69, 9.17) is 15.2 Å². The molecule has 4 aromatic rings. The second kappa shape index (κ2) is 11.0. The third kappa shape index (κ3) is 5.56. The van der Waals surface area contributed by atoms with Gasteiger partial charge in [0.1, 0.15) is 17.2 Å². The van der Waals surface area contributed by atoms with E-state index in [2.05, 4.69) is 15.0 Å². The topological polar surface area (TPSA) is 125 Å². The number of halogens is 3. The number of ether oxygens (including phenoxy) is 2. The van der Waals surface area contributed by atoms with Crippen LogP contribution in [0.2, 0.25) is 0 Å². The number of imidazole rings is 1. The summed E-state index contributed by atoms with van der Waals surface area (Å²) in [7, 11) is 0. The Bertz CT molecular complexity index is 1580. The third-order valence-electron chi connectivity index (χ3n) is 7.35. The molecule has 0 saturated heterocycles. The maximum absolute atomic E-state index is 15.3. The van der Waals surface area contributed by atoms with Gasteiger partial charge in [-0.25, -0.2) is 24.1 Å². The Morgan fingerprint density at radius 1 is 1.24 bits per heavy atom. The lowest BCUT2D eigenvalue weighted by Gasteiger charge is -2.28. The van der Waals surface area contributed by atoms with Gasteiger partial charge in [-0.05, 0) is 38.2 Å². The molecule has 3 heterocycles. The van der Waals surface area contributed by atoms with Gasteiger partial charge in [-0.1, -0.05) is 32.0 Å². The number of pyridine rings is 1. The fraction of sp³-hybridized carbons (Fsp3) is 0.379. The molecule has 3 aromatic heterocycles. The molecule has 41 heavy (non-hydrogen) atoms. The van der Waals surface area contributed by atoms with Crippen LogP contribution in [0.3, 0.4) is 0 Å². The van der Waals surface area contributed by atoms with Crippen molar-refractivity contribution in [3.63, 3.8) is 0 Å². The third-order valence-corrected chi connectivity index (χ3v) is 7.35. The lowest BCUT2D eigenvalue weighted by atomic mass is 9.94. The zero-order chi connectivity index (χ0) is 29.5. The number of aromatic nitrogens is 4. The Kier molecular flexibility index (Phi) is 7.60. The summed E-state index contributed by atoms with van der Waals surface area (Å²) in [6, 6.07) is 7.61. The van der Waals surface area contributed by atoms with Gasteiger partial charge in [0.25, 0.3) is 0 Å². The van der Waals surface area contributed by atoms with E-state index in [1.54, 1.807) is 29.5 Å². The number of alkyl halides is 2. The average Bonchev–Trinajstić information content (AvgIpc) is 3.43. The Hall–Kier alpha value is -4.19. The van der Waals surface area contributed by atoms with Crippen LogP contribution in [0.1, 0.15) is 74.8 Å². The summed E-state index contributed by atoms with van der Waals surface area (Å²) in [5.74, 6) is -0.577. The molecule has 3 atom stereocenters. The number of nitrogens with two attached hydrogens (primary N) is 1. The summed E-state index contributed by atoms with van der Waals surface area (Å²) >= 11 is 0. The normalized spacial score (nSPS) is 18.1. The van der Waals surface area contributed by atoms with E-state index >= 15 is 4.39 Å². The van der Waals surface area contributed by atoms with Gasteiger partial charge in [0.15, 0.2) is 11.4 Å². The Labute approximate surface area is 234 Å². The van der Waals surface area contributed by atoms with Crippen molar-refractivity contribution < 1.29 is 32.5 Å². The summed E-state index contributed by atoms with van der Waals surface area (Å²) < 4.78 is 53.3. The molecule has 9 nitrogen and oxygen atoms in total. The first-order valence-electron chi connectivity index (χ1n) is 13.2.